The molecule has 0 aliphatic carbocycles. The van der Waals surface area contributed by atoms with Crippen molar-refractivity contribution in [2.24, 2.45) is 0 Å². The molecule has 1 heterocycles. The maximum absolute atomic E-state index is 12.2. The summed E-state index contributed by atoms with van der Waals surface area (Å²) < 4.78 is 36.6. The zero-order chi connectivity index (χ0) is 14.6. The van der Waals surface area contributed by atoms with Crippen molar-refractivity contribution in [2.75, 3.05) is 19.6 Å². The number of urea groups is 1. The van der Waals surface area contributed by atoms with Gasteiger partial charge in [0.15, 0.2) is 0 Å². The number of nitrogens with one attached hydrogen (secondary N) is 2. The Morgan fingerprint density at radius 1 is 1.47 bits per heavy atom. The SMILES string of the molecule is O=C(O)CN(CC(F)(F)F)C(=O)NC1CNC(=O)C1. The number of hydrogen-bond acceptors (Lipinski definition) is 3. The van der Waals surface area contributed by atoms with Gasteiger partial charge in [-0.1, -0.05) is 0 Å². The number of carboxylic acid groups (broad SMARTS) is 1. The molecule has 1 aliphatic heterocycles. The highest BCUT2D eigenvalue weighted by atomic mass is 19.4. The third-order valence-corrected chi connectivity index (χ3v) is 2.29. The Morgan fingerprint density at radius 2 is 2.11 bits per heavy atom. The van der Waals surface area contributed by atoms with Gasteiger partial charge in [-0.3, -0.25) is 9.59 Å². The highest BCUT2D eigenvalue weighted by Crippen LogP contribution is 2.16. The Balaban J connectivity index is 2.60. The lowest BCUT2D eigenvalue weighted by atomic mass is 10.2. The highest BCUT2D eigenvalue weighted by molar-refractivity contribution is 5.83. The van der Waals surface area contributed by atoms with Gasteiger partial charge in [0.05, 0.1) is 6.04 Å². The van der Waals surface area contributed by atoms with Crippen LogP contribution in [-0.4, -0.2) is 59.8 Å². The minimum absolute atomic E-state index is 0.0430. The minimum atomic E-state index is -4.70. The van der Waals surface area contributed by atoms with E-state index in [4.69, 9.17) is 5.11 Å². The van der Waals surface area contributed by atoms with E-state index in [1.807, 2.05) is 0 Å². The second-order valence-electron chi connectivity index (χ2n) is 4.02. The van der Waals surface area contributed by atoms with Crippen LogP contribution in [0.1, 0.15) is 6.42 Å². The molecule has 1 atom stereocenters. The number of amides is 3. The van der Waals surface area contributed by atoms with E-state index in [0.29, 0.717) is 0 Å². The molecule has 0 saturated carbocycles. The first-order valence-electron chi connectivity index (χ1n) is 5.28. The number of rotatable bonds is 4. The second kappa shape index (κ2) is 5.76. The van der Waals surface area contributed by atoms with Crippen LogP contribution >= 0.6 is 0 Å². The fourth-order valence-electron chi connectivity index (χ4n) is 1.55. The minimum Gasteiger partial charge on any atom is -0.480 e. The van der Waals surface area contributed by atoms with Gasteiger partial charge in [0.1, 0.15) is 13.1 Å². The standard InChI is InChI=1S/C9H12F3N3O4/c10-9(11,12)4-15(3-7(17)18)8(19)14-5-1-6(16)13-2-5/h5H,1-4H2,(H,13,16)(H,14,19)(H,17,18). The molecule has 10 heteroatoms. The summed E-state index contributed by atoms with van der Waals surface area (Å²) in [6.07, 6.45) is -4.74. The third kappa shape index (κ3) is 5.44. The summed E-state index contributed by atoms with van der Waals surface area (Å²) in [5, 5.41) is 13.0. The van der Waals surface area contributed by atoms with Crippen LogP contribution in [0.3, 0.4) is 0 Å². The summed E-state index contributed by atoms with van der Waals surface area (Å²) in [7, 11) is 0. The predicted octanol–water partition coefficient (Wildman–Crippen LogP) is -0.467. The van der Waals surface area contributed by atoms with E-state index in [-0.39, 0.29) is 23.8 Å². The number of aliphatic carboxylic acids is 1. The summed E-state index contributed by atoms with van der Waals surface area (Å²) in [6, 6.07) is -1.80. The van der Waals surface area contributed by atoms with Crippen molar-refractivity contribution >= 4 is 17.9 Å². The van der Waals surface area contributed by atoms with Crippen LogP contribution in [0.5, 0.6) is 0 Å². The summed E-state index contributed by atoms with van der Waals surface area (Å²) in [5.41, 5.74) is 0. The van der Waals surface area contributed by atoms with E-state index in [9.17, 15) is 27.6 Å². The normalized spacial score (nSPS) is 18.9. The summed E-state index contributed by atoms with van der Waals surface area (Å²) in [5.74, 6) is -1.88. The molecular formula is C9H12F3N3O4. The van der Waals surface area contributed by atoms with Gasteiger partial charge >= 0.3 is 18.2 Å². The molecule has 3 amide bonds. The summed E-state index contributed by atoms with van der Waals surface area (Å²) in [4.78, 5) is 33.0. The van der Waals surface area contributed by atoms with Crippen LogP contribution in [0, 0.1) is 0 Å². The monoisotopic (exact) mass is 283 g/mol. The van der Waals surface area contributed by atoms with E-state index in [2.05, 4.69) is 10.6 Å². The number of alkyl halides is 3. The largest absolute Gasteiger partial charge is 0.480 e. The van der Waals surface area contributed by atoms with Crippen molar-refractivity contribution in [1.82, 2.24) is 15.5 Å². The molecule has 0 aromatic rings. The molecule has 1 saturated heterocycles. The first-order valence-corrected chi connectivity index (χ1v) is 5.28. The fraction of sp³-hybridized carbons (Fsp3) is 0.667. The Bertz CT molecular complexity index is 385. The number of carbonyl (C=O) groups is 3. The van der Waals surface area contributed by atoms with Gasteiger partial charge in [-0.25, -0.2) is 4.79 Å². The first-order chi connectivity index (χ1) is 8.67. The predicted molar refractivity (Wildman–Crippen MR) is 55.2 cm³/mol. The third-order valence-electron chi connectivity index (χ3n) is 2.29. The Labute approximate surface area is 105 Å². The molecule has 108 valence electrons. The van der Waals surface area contributed by atoms with Crippen LogP contribution in [-0.2, 0) is 9.59 Å². The molecule has 0 spiro atoms. The molecule has 1 fully saturated rings. The molecule has 0 radical (unpaired) electrons. The first kappa shape index (κ1) is 15.1. The maximum atomic E-state index is 12.2. The lowest BCUT2D eigenvalue weighted by Gasteiger charge is -2.24. The smallest absolute Gasteiger partial charge is 0.406 e. The molecule has 0 aromatic heterocycles. The quantitative estimate of drug-likeness (QED) is 0.649. The lowest BCUT2D eigenvalue weighted by Crippen LogP contribution is -2.50. The topological polar surface area (TPSA) is 98.7 Å². The van der Waals surface area contributed by atoms with Gasteiger partial charge in [0, 0.05) is 13.0 Å². The van der Waals surface area contributed by atoms with Crippen molar-refractivity contribution in [3.05, 3.63) is 0 Å². The summed E-state index contributed by atoms with van der Waals surface area (Å²) >= 11 is 0. The molecule has 1 aliphatic rings. The van der Waals surface area contributed by atoms with Crippen molar-refractivity contribution < 1.29 is 32.7 Å². The Kier molecular flexibility index (Phi) is 4.57. The van der Waals surface area contributed by atoms with Crippen LogP contribution in [0.25, 0.3) is 0 Å². The van der Waals surface area contributed by atoms with Crippen LogP contribution < -0.4 is 10.6 Å². The van der Waals surface area contributed by atoms with E-state index in [0.717, 1.165) is 0 Å². The van der Waals surface area contributed by atoms with Crippen molar-refractivity contribution in [3.8, 4) is 0 Å². The molecule has 1 rings (SSSR count). The summed E-state index contributed by atoms with van der Waals surface area (Å²) in [6.45, 7) is -2.63. The van der Waals surface area contributed by atoms with Gasteiger partial charge in [-0.15, -0.1) is 0 Å². The van der Waals surface area contributed by atoms with Crippen LogP contribution in [0.2, 0.25) is 0 Å². The van der Waals surface area contributed by atoms with Gasteiger partial charge in [0.2, 0.25) is 5.91 Å². The van der Waals surface area contributed by atoms with Crippen molar-refractivity contribution in [3.63, 3.8) is 0 Å². The molecule has 0 aromatic carbocycles. The number of halogens is 3. The van der Waals surface area contributed by atoms with E-state index in [1.165, 1.54) is 0 Å². The maximum Gasteiger partial charge on any atom is 0.406 e. The second-order valence-corrected chi connectivity index (χ2v) is 4.02. The Morgan fingerprint density at radius 3 is 2.53 bits per heavy atom. The zero-order valence-electron chi connectivity index (χ0n) is 9.66. The van der Waals surface area contributed by atoms with Crippen molar-refractivity contribution in [1.29, 1.82) is 0 Å². The fourth-order valence-corrected chi connectivity index (χ4v) is 1.55. The zero-order valence-corrected chi connectivity index (χ0v) is 9.66. The highest BCUT2D eigenvalue weighted by Gasteiger charge is 2.35. The van der Waals surface area contributed by atoms with Crippen molar-refractivity contribution in [2.45, 2.75) is 18.6 Å². The van der Waals surface area contributed by atoms with Crippen LogP contribution in [0.15, 0.2) is 0 Å². The molecule has 19 heavy (non-hydrogen) atoms. The average molecular weight is 283 g/mol. The van der Waals surface area contributed by atoms with E-state index >= 15 is 0 Å². The average Bonchev–Trinajstić information content (AvgIpc) is 2.60. The number of hydrogen-bond donors (Lipinski definition) is 3. The lowest BCUT2D eigenvalue weighted by molar-refractivity contribution is -0.149. The van der Waals surface area contributed by atoms with E-state index < -0.39 is 37.3 Å². The number of carboxylic acids is 1. The number of carbonyl (C=O) groups excluding carboxylic acids is 2. The molecule has 3 N–H and O–H groups in total. The molecule has 0 bridgehead atoms. The Hall–Kier alpha value is -2.00. The van der Waals surface area contributed by atoms with Gasteiger partial charge in [-0.2, -0.15) is 13.2 Å². The van der Waals surface area contributed by atoms with E-state index in [1.54, 1.807) is 0 Å². The van der Waals surface area contributed by atoms with Gasteiger partial charge < -0.3 is 20.6 Å². The van der Waals surface area contributed by atoms with Crippen LogP contribution in [0.4, 0.5) is 18.0 Å². The number of nitrogens with zero attached hydrogens (tertiary/aromatic N) is 1. The van der Waals surface area contributed by atoms with Gasteiger partial charge in [-0.05, 0) is 0 Å². The molecule has 7 nitrogen and oxygen atoms in total. The molecular weight excluding hydrogens is 271 g/mol. The molecule has 1 unspecified atom stereocenters. The van der Waals surface area contributed by atoms with Gasteiger partial charge in [0.25, 0.3) is 0 Å².